The molecule has 2 N–H and O–H groups in total. The number of anilines is 1. The van der Waals surface area contributed by atoms with E-state index in [2.05, 4.69) is 10.6 Å². The molecule has 0 aromatic heterocycles. The summed E-state index contributed by atoms with van der Waals surface area (Å²) in [5, 5.41) is 16.3. The molecule has 0 aliphatic rings. The van der Waals surface area contributed by atoms with Crippen molar-refractivity contribution >= 4 is 17.3 Å². The van der Waals surface area contributed by atoms with Crippen LogP contribution in [0.4, 0.5) is 11.4 Å². The topological polar surface area (TPSA) is 87.5 Å². The molecular weight excluding hydrogens is 248 g/mol. The molecule has 0 spiro atoms. The van der Waals surface area contributed by atoms with Crippen LogP contribution in [0.25, 0.3) is 0 Å². The van der Waals surface area contributed by atoms with Crippen molar-refractivity contribution in [3.05, 3.63) is 33.9 Å². The zero-order valence-electron chi connectivity index (χ0n) is 11.3. The van der Waals surface area contributed by atoms with Crippen molar-refractivity contribution in [3.8, 4) is 0 Å². The number of carbonyl (C=O) groups is 1. The number of rotatable bonds is 6. The molecule has 0 saturated heterocycles. The molecule has 7 heteroatoms. The molecule has 0 saturated carbocycles. The third-order valence-corrected chi connectivity index (χ3v) is 2.57. The summed E-state index contributed by atoms with van der Waals surface area (Å²) in [5.41, 5.74) is 0.557. The van der Waals surface area contributed by atoms with Gasteiger partial charge in [0.05, 0.1) is 4.92 Å². The van der Waals surface area contributed by atoms with Gasteiger partial charge >= 0.3 is 0 Å². The highest BCUT2D eigenvalue weighted by atomic mass is 16.6. The summed E-state index contributed by atoms with van der Waals surface area (Å²) in [7, 11) is 5.40. The Balaban J connectivity index is 2.81. The Morgan fingerprint density at radius 1 is 1.42 bits per heavy atom. The highest BCUT2D eigenvalue weighted by molar-refractivity contribution is 5.95. The van der Waals surface area contributed by atoms with Gasteiger partial charge in [0.2, 0.25) is 0 Å². The molecular formula is C12H18N4O3. The summed E-state index contributed by atoms with van der Waals surface area (Å²) in [6.07, 6.45) is 0. The molecule has 1 rings (SSSR count). The second kappa shape index (κ2) is 6.69. The van der Waals surface area contributed by atoms with Crippen molar-refractivity contribution in [3.63, 3.8) is 0 Å². The maximum atomic E-state index is 11.8. The second-order valence-corrected chi connectivity index (χ2v) is 4.30. The molecule has 0 heterocycles. The number of nitro benzene ring substituents is 1. The molecule has 7 nitrogen and oxygen atoms in total. The molecule has 0 unspecified atom stereocenters. The molecule has 1 amide bonds. The van der Waals surface area contributed by atoms with Gasteiger partial charge in [0.15, 0.2) is 0 Å². The largest absolute Gasteiger partial charge is 0.383 e. The molecule has 0 aliphatic carbocycles. The normalized spacial score (nSPS) is 10.3. The Labute approximate surface area is 111 Å². The number of nitro groups is 1. The number of amides is 1. The fraction of sp³-hybridized carbons (Fsp3) is 0.417. The van der Waals surface area contributed by atoms with E-state index in [1.54, 1.807) is 13.1 Å². The molecule has 0 atom stereocenters. The van der Waals surface area contributed by atoms with E-state index in [-0.39, 0.29) is 17.2 Å². The minimum absolute atomic E-state index is 0.109. The minimum atomic E-state index is -0.511. The van der Waals surface area contributed by atoms with Gasteiger partial charge in [-0.2, -0.15) is 0 Å². The van der Waals surface area contributed by atoms with Crippen LogP contribution in [0.15, 0.2) is 18.2 Å². The highest BCUT2D eigenvalue weighted by Crippen LogP contribution is 2.24. The Hall–Kier alpha value is -2.15. The fourth-order valence-electron chi connectivity index (χ4n) is 1.53. The maximum absolute atomic E-state index is 11.8. The Kier molecular flexibility index (Phi) is 5.25. The molecule has 0 bridgehead atoms. The van der Waals surface area contributed by atoms with Gasteiger partial charge in [0.25, 0.3) is 11.6 Å². The van der Waals surface area contributed by atoms with E-state index in [0.717, 1.165) is 0 Å². The number of carbonyl (C=O) groups excluding carboxylic acids is 1. The Bertz CT molecular complexity index is 474. The summed E-state index contributed by atoms with van der Waals surface area (Å²) >= 11 is 0. The third-order valence-electron chi connectivity index (χ3n) is 2.57. The zero-order chi connectivity index (χ0) is 14.4. The van der Waals surface area contributed by atoms with Gasteiger partial charge in [-0.05, 0) is 26.2 Å². The first-order valence-electron chi connectivity index (χ1n) is 5.85. The van der Waals surface area contributed by atoms with Gasteiger partial charge < -0.3 is 15.5 Å². The van der Waals surface area contributed by atoms with E-state index < -0.39 is 4.92 Å². The average Bonchev–Trinajstić information content (AvgIpc) is 2.37. The molecule has 0 fully saturated rings. The number of hydrogen-bond acceptors (Lipinski definition) is 5. The van der Waals surface area contributed by atoms with Gasteiger partial charge in [-0.3, -0.25) is 14.9 Å². The first-order valence-corrected chi connectivity index (χ1v) is 5.85. The number of likely N-dealkylation sites (N-methyl/N-ethyl adjacent to an activating group) is 1. The summed E-state index contributed by atoms with van der Waals surface area (Å²) < 4.78 is 0. The first kappa shape index (κ1) is 14.9. The minimum Gasteiger partial charge on any atom is -0.383 e. The van der Waals surface area contributed by atoms with E-state index in [9.17, 15) is 14.9 Å². The van der Waals surface area contributed by atoms with Crippen molar-refractivity contribution < 1.29 is 9.72 Å². The summed E-state index contributed by atoms with van der Waals surface area (Å²) in [6.45, 7) is 1.20. The number of nitrogens with zero attached hydrogens (tertiary/aromatic N) is 2. The molecule has 104 valence electrons. The van der Waals surface area contributed by atoms with Crippen molar-refractivity contribution in [1.82, 2.24) is 10.2 Å². The molecule has 1 aromatic carbocycles. The van der Waals surface area contributed by atoms with Crippen LogP contribution >= 0.6 is 0 Å². The Morgan fingerprint density at radius 2 is 2.11 bits per heavy atom. The van der Waals surface area contributed by atoms with E-state index in [4.69, 9.17) is 0 Å². The van der Waals surface area contributed by atoms with Crippen molar-refractivity contribution in [2.45, 2.75) is 0 Å². The lowest BCUT2D eigenvalue weighted by Gasteiger charge is -2.10. The highest BCUT2D eigenvalue weighted by Gasteiger charge is 2.16. The maximum Gasteiger partial charge on any atom is 0.293 e. The van der Waals surface area contributed by atoms with Crippen molar-refractivity contribution in [2.75, 3.05) is 39.5 Å². The summed E-state index contributed by atoms with van der Waals surface area (Å²) in [4.78, 5) is 24.1. The van der Waals surface area contributed by atoms with Gasteiger partial charge in [0, 0.05) is 31.8 Å². The summed E-state index contributed by atoms with van der Waals surface area (Å²) in [6, 6.07) is 4.36. The molecule has 0 radical (unpaired) electrons. The zero-order valence-corrected chi connectivity index (χ0v) is 11.3. The molecule has 1 aromatic rings. The third kappa shape index (κ3) is 4.22. The molecule has 0 aliphatic heterocycles. The van der Waals surface area contributed by atoms with Crippen LogP contribution in [-0.2, 0) is 0 Å². The SMILES string of the molecule is CNc1ccc(C(=O)NCCN(C)C)cc1[N+](=O)[O-]. The predicted octanol–water partition coefficient (Wildman–Crippen LogP) is 0.928. The van der Waals surface area contributed by atoms with E-state index in [1.165, 1.54) is 12.1 Å². The lowest BCUT2D eigenvalue weighted by atomic mass is 10.1. The van der Waals surface area contributed by atoms with Crippen LogP contribution in [0.1, 0.15) is 10.4 Å². The first-order chi connectivity index (χ1) is 8.95. The van der Waals surface area contributed by atoms with Gasteiger partial charge in [-0.15, -0.1) is 0 Å². The van der Waals surface area contributed by atoms with Crippen LogP contribution in [-0.4, -0.2) is 50.0 Å². The smallest absolute Gasteiger partial charge is 0.293 e. The Morgan fingerprint density at radius 3 is 2.63 bits per heavy atom. The van der Waals surface area contributed by atoms with Crippen molar-refractivity contribution in [1.29, 1.82) is 0 Å². The fourth-order valence-corrected chi connectivity index (χ4v) is 1.53. The van der Waals surface area contributed by atoms with E-state index in [0.29, 0.717) is 18.8 Å². The predicted molar refractivity (Wildman–Crippen MR) is 73.5 cm³/mol. The lowest BCUT2D eigenvalue weighted by Crippen LogP contribution is -2.31. The molecule has 19 heavy (non-hydrogen) atoms. The van der Waals surface area contributed by atoms with Gasteiger partial charge in [-0.1, -0.05) is 0 Å². The second-order valence-electron chi connectivity index (χ2n) is 4.30. The standard InChI is InChI=1S/C12H18N4O3/c1-13-10-5-4-9(8-11(10)16(18)19)12(17)14-6-7-15(2)3/h4-5,8,13H,6-7H2,1-3H3,(H,14,17). The lowest BCUT2D eigenvalue weighted by molar-refractivity contribution is -0.384. The van der Waals surface area contributed by atoms with Crippen LogP contribution in [0.5, 0.6) is 0 Å². The van der Waals surface area contributed by atoms with E-state index >= 15 is 0 Å². The van der Waals surface area contributed by atoms with Gasteiger partial charge in [-0.25, -0.2) is 0 Å². The summed E-state index contributed by atoms with van der Waals surface area (Å²) in [5.74, 6) is -0.312. The quantitative estimate of drug-likeness (QED) is 0.590. The average molecular weight is 266 g/mol. The number of hydrogen-bond donors (Lipinski definition) is 2. The van der Waals surface area contributed by atoms with Crippen LogP contribution < -0.4 is 10.6 Å². The van der Waals surface area contributed by atoms with Crippen molar-refractivity contribution in [2.24, 2.45) is 0 Å². The van der Waals surface area contributed by atoms with Crippen LogP contribution in [0.3, 0.4) is 0 Å². The number of nitrogens with one attached hydrogen (secondary N) is 2. The van der Waals surface area contributed by atoms with E-state index in [1.807, 2.05) is 19.0 Å². The van der Waals surface area contributed by atoms with Crippen LogP contribution in [0.2, 0.25) is 0 Å². The van der Waals surface area contributed by atoms with Crippen LogP contribution in [0, 0.1) is 10.1 Å². The monoisotopic (exact) mass is 266 g/mol. The number of benzene rings is 1. The van der Waals surface area contributed by atoms with Gasteiger partial charge in [0.1, 0.15) is 5.69 Å².